The summed E-state index contributed by atoms with van der Waals surface area (Å²) in [6.45, 7) is 2.66. The number of rotatable bonds is 2. The average Bonchev–Trinajstić information content (AvgIpc) is 2.50. The van der Waals surface area contributed by atoms with Crippen LogP contribution in [0.5, 0.6) is 11.5 Å². The van der Waals surface area contributed by atoms with Crippen LogP contribution in [-0.2, 0) is 0 Å². The van der Waals surface area contributed by atoms with Crippen LogP contribution in [0.15, 0.2) is 30.3 Å². The molecule has 0 aliphatic carbocycles. The Kier molecular flexibility index (Phi) is 3.55. The van der Waals surface area contributed by atoms with Gasteiger partial charge in [-0.1, -0.05) is 11.6 Å². The van der Waals surface area contributed by atoms with E-state index in [1.54, 1.807) is 19.1 Å². The highest BCUT2D eigenvalue weighted by Gasteiger charge is 2.22. The SMILES string of the molecule is Cc1c(C(=O)c2cc(Cl)ccc2F)ccc2c1OCCO2. The zero-order chi connectivity index (χ0) is 15.0. The molecule has 1 aliphatic heterocycles. The first-order valence-electron chi connectivity index (χ1n) is 6.47. The van der Waals surface area contributed by atoms with Gasteiger partial charge in [0.05, 0.1) is 5.56 Å². The summed E-state index contributed by atoms with van der Waals surface area (Å²) in [5.74, 6) is 0.111. The van der Waals surface area contributed by atoms with E-state index in [1.165, 1.54) is 18.2 Å². The van der Waals surface area contributed by atoms with E-state index in [2.05, 4.69) is 0 Å². The molecule has 1 heterocycles. The monoisotopic (exact) mass is 306 g/mol. The lowest BCUT2D eigenvalue weighted by molar-refractivity contribution is 0.103. The van der Waals surface area contributed by atoms with E-state index < -0.39 is 11.6 Å². The van der Waals surface area contributed by atoms with Gasteiger partial charge in [-0.05, 0) is 37.3 Å². The van der Waals surface area contributed by atoms with Crippen molar-refractivity contribution in [2.75, 3.05) is 13.2 Å². The van der Waals surface area contributed by atoms with Crippen molar-refractivity contribution in [1.82, 2.24) is 0 Å². The molecule has 0 fully saturated rings. The summed E-state index contributed by atoms with van der Waals surface area (Å²) in [5.41, 5.74) is 0.958. The standard InChI is InChI=1S/C16H12ClFO3/c1-9-11(3-5-14-16(9)21-7-6-20-14)15(19)12-8-10(17)2-4-13(12)18/h2-5,8H,6-7H2,1H3. The minimum atomic E-state index is -0.598. The summed E-state index contributed by atoms with van der Waals surface area (Å²) in [6, 6.07) is 7.20. The summed E-state index contributed by atoms with van der Waals surface area (Å²) < 4.78 is 24.8. The van der Waals surface area contributed by atoms with E-state index in [0.29, 0.717) is 40.9 Å². The molecule has 0 bridgehead atoms. The van der Waals surface area contributed by atoms with Crippen LogP contribution in [0.4, 0.5) is 4.39 Å². The normalized spacial score (nSPS) is 13.1. The van der Waals surface area contributed by atoms with Crippen LogP contribution < -0.4 is 9.47 Å². The first-order chi connectivity index (χ1) is 10.1. The molecule has 0 spiro atoms. The minimum absolute atomic E-state index is 0.0534. The molecule has 0 saturated carbocycles. The lowest BCUT2D eigenvalue weighted by atomic mass is 9.97. The van der Waals surface area contributed by atoms with E-state index in [0.717, 1.165) is 0 Å². The molecule has 3 nitrogen and oxygen atoms in total. The highest BCUT2D eigenvalue weighted by atomic mass is 35.5. The lowest BCUT2D eigenvalue weighted by Crippen LogP contribution is -2.17. The van der Waals surface area contributed by atoms with Crippen molar-refractivity contribution in [2.24, 2.45) is 0 Å². The number of fused-ring (bicyclic) bond motifs is 1. The van der Waals surface area contributed by atoms with E-state index in [-0.39, 0.29) is 5.56 Å². The van der Waals surface area contributed by atoms with Crippen molar-refractivity contribution in [2.45, 2.75) is 6.92 Å². The maximum absolute atomic E-state index is 13.8. The third-order valence-electron chi connectivity index (χ3n) is 3.37. The third-order valence-corrected chi connectivity index (χ3v) is 3.61. The Morgan fingerprint density at radius 1 is 1.14 bits per heavy atom. The largest absolute Gasteiger partial charge is 0.486 e. The van der Waals surface area contributed by atoms with Gasteiger partial charge in [-0.25, -0.2) is 4.39 Å². The first-order valence-corrected chi connectivity index (χ1v) is 6.84. The summed E-state index contributed by atoms with van der Waals surface area (Å²) in [6.07, 6.45) is 0. The van der Waals surface area contributed by atoms with Crippen LogP contribution in [0, 0.1) is 12.7 Å². The van der Waals surface area contributed by atoms with Gasteiger partial charge in [0, 0.05) is 16.1 Å². The Labute approximate surface area is 126 Å². The fourth-order valence-corrected chi connectivity index (χ4v) is 2.49. The average molecular weight is 307 g/mol. The number of hydrogen-bond acceptors (Lipinski definition) is 3. The summed E-state index contributed by atoms with van der Waals surface area (Å²) in [5, 5.41) is 0.315. The fourth-order valence-electron chi connectivity index (χ4n) is 2.32. The molecule has 2 aromatic carbocycles. The molecule has 0 amide bonds. The number of hydrogen-bond donors (Lipinski definition) is 0. The fraction of sp³-hybridized carbons (Fsp3) is 0.188. The van der Waals surface area contributed by atoms with Crippen LogP contribution >= 0.6 is 11.6 Å². The second-order valence-corrected chi connectivity index (χ2v) is 5.15. The highest BCUT2D eigenvalue weighted by molar-refractivity contribution is 6.31. The smallest absolute Gasteiger partial charge is 0.196 e. The van der Waals surface area contributed by atoms with Crippen molar-refractivity contribution >= 4 is 17.4 Å². The molecule has 0 saturated heterocycles. The highest BCUT2D eigenvalue weighted by Crippen LogP contribution is 2.36. The Hall–Kier alpha value is -2.07. The van der Waals surface area contributed by atoms with Gasteiger partial charge in [0.15, 0.2) is 17.3 Å². The molecule has 21 heavy (non-hydrogen) atoms. The van der Waals surface area contributed by atoms with Gasteiger partial charge in [0.2, 0.25) is 0 Å². The van der Waals surface area contributed by atoms with Crippen molar-refractivity contribution in [3.63, 3.8) is 0 Å². The van der Waals surface area contributed by atoms with Crippen molar-refractivity contribution < 1.29 is 18.7 Å². The Morgan fingerprint density at radius 2 is 1.90 bits per heavy atom. The van der Waals surface area contributed by atoms with E-state index in [4.69, 9.17) is 21.1 Å². The molecule has 0 N–H and O–H groups in total. The van der Waals surface area contributed by atoms with Gasteiger partial charge in [-0.15, -0.1) is 0 Å². The van der Waals surface area contributed by atoms with Crippen molar-refractivity contribution in [3.8, 4) is 11.5 Å². The molecule has 0 atom stereocenters. The topological polar surface area (TPSA) is 35.5 Å². The van der Waals surface area contributed by atoms with Gasteiger partial charge < -0.3 is 9.47 Å². The van der Waals surface area contributed by atoms with E-state index >= 15 is 0 Å². The maximum atomic E-state index is 13.8. The zero-order valence-corrected chi connectivity index (χ0v) is 12.0. The minimum Gasteiger partial charge on any atom is -0.486 e. The van der Waals surface area contributed by atoms with Gasteiger partial charge in [0.25, 0.3) is 0 Å². The van der Waals surface area contributed by atoms with Crippen molar-refractivity contribution in [1.29, 1.82) is 0 Å². The van der Waals surface area contributed by atoms with Gasteiger partial charge in [-0.3, -0.25) is 4.79 Å². The second-order valence-electron chi connectivity index (χ2n) is 4.72. The number of ether oxygens (including phenoxy) is 2. The van der Waals surface area contributed by atoms with Gasteiger partial charge in [0.1, 0.15) is 19.0 Å². The predicted molar refractivity (Wildman–Crippen MR) is 77.0 cm³/mol. The number of ketones is 1. The predicted octanol–water partition coefficient (Wildman–Crippen LogP) is 3.79. The molecular weight excluding hydrogens is 295 g/mol. The van der Waals surface area contributed by atoms with Gasteiger partial charge in [-0.2, -0.15) is 0 Å². The van der Waals surface area contributed by atoms with Crippen LogP contribution in [0.1, 0.15) is 21.5 Å². The van der Waals surface area contributed by atoms with Crippen molar-refractivity contribution in [3.05, 3.63) is 57.9 Å². The van der Waals surface area contributed by atoms with Crippen LogP contribution in [0.25, 0.3) is 0 Å². The van der Waals surface area contributed by atoms with Crippen LogP contribution in [0.3, 0.4) is 0 Å². The molecule has 0 radical (unpaired) electrons. The van der Waals surface area contributed by atoms with Gasteiger partial charge >= 0.3 is 0 Å². The quantitative estimate of drug-likeness (QED) is 0.792. The number of halogens is 2. The van der Waals surface area contributed by atoms with Crippen LogP contribution in [-0.4, -0.2) is 19.0 Å². The molecule has 0 unspecified atom stereocenters. The molecule has 108 valence electrons. The summed E-state index contributed by atoms with van der Waals surface area (Å²) >= 11 is 5.84. The third kappa shape index (κ3) is 2.47. The molecular formula is C16H12ClFO3. The molecule has 0 aromatic heterocycles. The van der Waals surface area contributed by atoms with E-state index in [9.17, 15) is 9.18 Å². The Bertz CT molecular complexity index is 728. The first kappa shape index (κ1) is 13.9. The zero-order valence-electron chi connectivity index (χ0n) is 11.3. The second kappa shape index (κ2) is 5.37. The number of carbonyl (C=O) groups is 1. The molecule has 2 aromatic rings. The Balaban J connectivity index is 2.08. The number of carbonyl (C=O) groups excluding carboxylic acids is 1. The number of benzene rings is 2. The van der Waals surface area contributed by atoms with Crippen LogP contribution in [0.2, 0.25) is 5.02 Å². The summed E-state index contributed by atoms with van der Waals surface area (Å²) in [4.78, 5) is 12.5. The maximum Gasteiger partial charge on any atom is 0.196 e. The molecule has 3 rings (SSSR count). The lowest BCUT2D eigenvalue weighted by Gasteiger charge is -2.21. The molecule has 1 aliphatic rings. The summed E-state index contributed by atoms with van der Waals surface area (Å²) in [7, 11) is 0. The Morgan fingerprint density at radius 3 is 2.71 bits per heavy atom. The molecule has 5 heteroatoms. The van der Waals surface area contributed by atoms with E-state index in [1.807, 2.05) is 0 Å².